The van der Waals surface area contributed by atoms with E-state index in [-0.39, 0.29) is 16.8 Å². The van der Waals surface area contributed by atoms with Gasteiger partial charge in [0.2, 0.25) is 10.0 Å². The summed E-state index contributed by atoms with van der Waals surface area (Å²) in [5.74, 6) is 0.536. The number of nitrogens with one attached hydrogen (secondary N) is 1. The number of carbonyl (C=O) groups excluding carboxylic acids is 1. The predicted molar refractivity (Wildman–Crippen MR) is 133 cm³/mol. The molecule has 1 unspecified atom stereocenters. The SMILES string of the molecule is O=C(NCC(c1ccco1)N1CCCCC1)c1cccc(S(=O)(=O)N2CCc3ccccc3C2)c1. The summed E-state index contributed by atoms with van der Waals surface area (Å²) in [5.41, 5.74) is 2.55. The summed E-state index contributed by atoms with van der Waals surface area (Å²) in [6.45, 7) is 3.10. The minimum Gasteiger partial charge on any atom is -0.468 e. The van der Waals surface area contributed by atoms with Crippen molar-refractivity contribution in [3.63, 3.8) is 0 Å². The molecule has 2 aromatic carbocycles. The Labute approximate surface area is 206 Å². The lowest BCUT2D eigenvalue weighted by atomic mass is 10.0. The van der Waals surface area contributed by atoms with Crippen molar-refractivity contribution in [1.29, 1.82) is 0 Å². The van der Waals surface area contributed by atoms with Crippen LogP contribution in [0, 0.1) is 0 Å². The van der Waals surface area contributed by atoms with Crippen LogP contribution in [-0.2, 0) is 23.0 Å². The van der Waals surface area contributed by atoms with Crippen LogP contribution in [0.1, 0.15) is 52.5 Å². The smallest absolute Gasteiger partial charge is 0.251 e. The topological polar surface area (TPSA) is 82.9 Å². The lowest BCUT2D eigenvalue weighted by Gasteiger charge is -2.33. The van der Waals surface area contributed by atoms with Gasteiger partial charge in [0.05, 0.1) is 17.2 Å². The van der Waals surface area contributed by atoms with Crippen LogP contribution in [-0.4, -0.2) is 49.7 Å². The molecule has 0 bridgehead atoms. The molecule has 8 heteroatoms. The number of piperidine rings is 1. The Balaban J connectivity index is 1.29. The van der Waals surface area contributed by atoms with E-state index < -0.39 is 10.0 Å². The molecule has 2 aliphatic rings. The monoisotopic (exact) mass is 493 g/mol. The standard InChI is InChI=1S/C27H31N3O4S/c31-27(28-19-25(26-12-7-17-34-26)29-14-4-1-5-15-29)22-10-6-11-24(18-22)35(32,33)30-16-13-21-8-2-3-9-23(21)20-30/h2-3,6-12,17-18,25H,1,4-5,13-16,19-20H2,(H,28,31). The zero-order valence-corrected chi connectivity index (χ0v) is 20.5. The van der Waals surface area contributed by atoms with Gasteiger partial charge in [-0.15, -0.1) is 0 Å². The Morgan fingerprint density at radius 1 is 0.943 bits per heavy atom. The first kappa shape index (κ1) is 23.8. The molecule has 0 saturated carbocycles. The van der Waals surface area contributed by atoms with Crippen molar-refractivity contribution in [2.24, 2.45) is 0 Å². The minimum absolute atomic E-state index is 0.0467. The third kappa shape index (κ3) is 5.19. The largest absolute Gasteiger partial charge is 0.468 e. The van der Waals surface area contributed by atoms with Crippen LogP contribution in [0.15, 0.2) is 76.2 Å². The average molecular weight is 494 g/mol. The number of hydrogen-bond donors (Lipinski definition) is 1. The van der Waals surface area contributed by atoms with Crippen molar-refractivity contribution in [1.82, 2.24) is 14.5 Å². The summed E-state index contributed by atoms with van der Waals surface area (Å²) in [6, 6.07) is 18.0. The van der Waals surface area contributed by atoms with Gasteiger partial charge < -0.3 is 9.73 Å². The molecule has 1 amide bonds. The first-order valence-electron chi connectivity index (χ1n) is 12.2. The normalized spacial score (nSPS) is 18.1. The number of furan rings is 1. The van der Waals surface area contributed by atoms with E-state index in [1.807, 2.05) is 36.4 Å². The van der Waals surface area contributed by atoms with Crippen molar-refractivity contribution < 1.29 is 17.6 Å². The molecular formula is C27H31N3O4S. The van der Waals surface area contributed by atoms with Gasteiger partial charge in [-0.1, -0.05) is 36.8 Å². The summed E-state index contributed by atoms with van der Waals surface area (Å²) in [7, 11) is -3.71. The van der Waals surface area contributed by atoms with Crippen LogP contribution in [0.25, 0.3) is 0 Å². The third-order valence-electron chi connectivity index (χ3n) is 6.99. The van der Waals surface area contributed by atoms with Crippen molar-refractivity contribution in [2.45, 2.75) is 43.2 Å². The Hall–Kier alpha value is -2.94. The van der Waals surface area contributed by atoms with Crippen LogP contribution in [0.5, 0.6) is 0 Å². The van der Waals surface area contributed by atoms with E-state index in [0.717, 1.165) is 37.3 Å². The van der Waals surface area contributed by atoms with Crippen LogP contribution in [0.3, 0.4) is 0 Å². The molecule has 1 fully saturated rings. The fraction of sp³-hybridized carbons (Fsp3) is 0.370. The van der Waals surface area contributed by atoms with E-state index in [4.69, 9.17) is 4.42 Å². The molecule has 3 aromatic rings. The van der Waals surface area contributed by atoms with Gasteiger partial charge >= 0.3 is 0 Å². The summed E-state index contributed by atoms with van der Waals surface area (Å²) in [6.07, 6.45) is 5.82. The Kier molecular flexibility index (Phi) is 7.04. The zero-order chi connectivity index (χ0) is 24.3. The third-order valence-corrected chi connectivity index (χ3v) is 8.83. The van der Waals surface area contributed by atoms with Crippen LogP contribution in [0.4, 0.5) is 0 Å². The van der Waals surface area contributed by atoms with Crippen LogP contribution < -0.4 is 5.32 Å². The van der Waals surface area contributed by atoms with E-state index in [1.54, 1.807) is 24.5 Å². The van der Waals surface area contributed by atoms with Gasteiger partial charge in [-0.2, -0.15) is 4.31 Å². The van der Waals surface area contributed by atoms with Gasteiger partial charge in [0.1, 0.15) is 5.76 Å². The average Bonchev–Trinajstić information content (AvgIpc) is 3.44. The number of rotatable bonds is 7. The summed E-state index contributed by atoms with van der Waals surface area (Å²) in [5, 5.41) is 3.01. The molecule has 2 aliphatic heterocycles. The van der Waals surface area contributed by atoms with E-state index >= 15 is 0 Å². The maximum atomic E-state index is 13.4. The molecule has 0 radical (unpaired) electrons. The second-order valence-corrected chi connectivity index (χ2v) is 11.2. The lowest BCUT2D eigenvalue weighted by molar-refractivity contribution is 0.0914. The lowest BCUT2D eigenvalue weighted by Crippen LogP contribution is -2.40. The van der Waals surface area contributed by atoms with E-state index in [0.29, 0.717) is 31.6 Å². The number of benzene rings is 2. The highest BCUT2D eigenvalue weighted by atomic mass is 32.2. The van der Waals surface area contributed by atoms with Crippen LogP contribution >= 0.6 is 0 Å². The van der Waals surface area contributed by atoms with Gasteiger partial charge in [0, 0.05) is 25.2 Å². The molecule has 7 nitrogen and oxygen atoms in total. The fourth-order valence-electron chi connectivity index (χ4n) is 5.03. The number of nitrogens with zero attached hydrogens (tertiary/aromatic N) is 2. The number of likely N-dealkylation sites (tertiary alicyclic amines) is 1. The number of fused-ring (bicyclic) bond motifs is 1. The second-order valence-electron chi connectivity index (χ2n) is 9.22. The van der Waals surface area contributed by atoms with Gasteiger partial charge in [-0.25, -0.2) is 8.42 Å². The molecule has 0 aliphatic carbocycles. The molecule has 1 N–H and O–H groups in total. The first-order valence-corrected chi connectivity index (χ1v) is 13.7. The molecule has 35 heavy (non-hydrogen) atoms. The van der Waals surface area contributed by atoms with Crippen molar-refractivity contribution in [3.05, 3.63) is 89.4 Å². The Bertz CT molecular complexity index is 1270. The molecular weight excluding hydrogens is 462 g/mol. The number of amides is 1. The molecule has 1 aromatic heterocycles. The molecule has 5 rings (SSSR count). The van der Waals surface area contributed by atoms with Crippen molar-refractivity contribution in [3.8, 4) is 0 Å². The molecule has 0 spiro atoms. The minimum atomic E-state index is -3.71. The summed E-state index contributed by atoms with van der Waals surface area (Å²) in [4.78, 5) is 15.5. The maximum absolute atomic E-state index is 13.4. The molecule has 1 saturated heterocycles. The molecule has 1 atom stereocenters. The number of carbonyl (C=O) groups is 1. The second kappa shape index (κ2) is 10.4. The van der Waals surface area contributed by atoms with E-state index in [9.17, 15) is 13.2 Å². The van der Waals surface area contributed by atoms with Crippen LogP contribution in [0.2, 0.25) is 0 Å². The Morgan fingerprint density at radius 3 is 2.51 bits per heavy atom. The van der Waals surface area contributed by atoms with E-state index in [1.165, 1.54) is 22.4 Å². The van der Waals surface area contributed by atoms with Crippen molar-refractivity contribution >= 4 is 15.9 Å². The predicted octanol–water partition coefficient (Wildman–Crippen LogP) is 3.98. The highest BCUT2D eigenvalue weighted by Crippen LogP contribution is 2.26. The maximum Gasteiger partial charge on any atom is 0.251 e. The van der Waals surface area contributed by atoms with Crippen molar-refractivity contribution in [2.75, 3.05) is 26.2 Å². The number of hydrogen-bond acceptors (Lipinski definition) is 5. The first-order chi connectivity index (χ1) is 17.0. The quantitative estimate of drug-likeness (QED) is 0.538. The molecule has 184 valence electrons. The summed E-state index contributed by atoms with van der Waals surface area (Å²) >= 11 is 0. The summed E-state index contributed by atoms with van der Waals surface area (Å²) < 4.78 is 33.9. The highest BCUT2D eigenvalue weighted by molar-refractivity contribution is 7.89. The molecule has 3 heterocycles. The fourth-order valence-corrected chi connectivity index (χ4v) is 6.50. The Morgan fingerprint density at radius 2 is 1.74 bits per heavy atom. The van der Waals surface area contributed by atoms with Gasteiger partial charge in [-0.05, 0) is 73.8 Å². The van der Waals surface area contributed by atoms with Gasteiger partial charge in [0.25, 0.3) is 5.91 Å². The van der Waals surface area contributed by atoms with E-state index in [2.05, 4.69) is 10.2 Å². The highest BCUT2D eigenvalue weighted by Gasteiger charge is 2.29. The zero-order valence-electron chi connectivity index (χ0n) is 19.7. The van der Waals surface area contributed by atoms with Gasteiger partial charge in [0.15, 0.2) is 0 Å². The van der Waals surface area contributed by atoms with Gasteiger partial charge in [-0.3, -0.25) is 9.69 Å². The number of sulfonamides is 1.